The molecule has 23 heteroatoms. The van der Waals surface area contributed by atoms with Crippen LogP contribution in [0.15, 0.2) is 97.3 Å². The third kappa shape index (κ3) is 23.6. The first-order valence-corrected chi connectivity index (χ1v) is 17.4. The molecule has 0 fully saturated rings. The molecule has 5 aromatic rings. The number of hydrogen-bond acceptors (Lipinski definition) is 16. The van der Waals surface area contributed by atoms with Crippen LogP contribution < -0.4 is 42.4 Å². The predicted molar refractivity (Wildman–Crippen MR) is 159 cm³/mol. The van der Waals surface area contributed by atoms with E-state index >= 15 is 0 Å². The number of hydrogen-bond donors (Lipinski definition) is 0. The Bertz CT molecular complexity index is 1700. The van der Waals surface area contributed by atoms with Gasteiger partial charge < -0.3 is 16.1 Å². The summed E-state index contributed by atoms with van der Waals surface area (Å²) in [5, 5.41) is 13.9. The summed E-state index contributed by atoms with van der Waals surface area (Å²) in [5.41, 5.74) is 4.99. The van der Waals surface area contributed by atoms with Crippen molar-refractivity contribution < 1.29 is 117 Å². The Labute approximate surface area is 345 Å². The van der Waals surface area contributed by atoms with Gasteiger partial charge in [0.05, 0.1) is 22.8 Å². The Morgan fingerprint density at radius 3 is 1.16 bits per heavy atom. The molecule has 0 amide bonds. The van der Waals surface area contributed by atoms with Gasteiger partial charge in [0, 0.05) is 51.7 Å². The van der Waals surface area contributed by atoms with Crippen molar-refractivity contribution in [3.8, 4) is 5.75 Å². The maximum atomic E-state index is 13.9. The fourth-order valence-corrected chi connectivity index (χ4v) is 4.96. The molecule has 0 spiro atoms. The molecular formula is C33H34Cl2Cu2F2N6O11. The Balaban J connectivity index is 0. The zero-order valence-electron chi connectivity index (χ0n) is 28.9. The minimum atomic E-state index is -4.94. The molecule has 0 unspecified atom stereocenters. The zero-order chi connectivity index (χ0) is 38.3. The number of rotatable bonds is 12. The second-order valence-electron chi connectivity index (χ2n) is 11.0. The Hall–Kier alpha value is -3.38. The summed E-state index contributed by atoms with van der Waals surface area (Å²) in [7, 11) is -9.89. The van der Waals surface area contributed by atoms with Crippen LogP contribution in [0.5, 0.6) is 5.75 Å². The van der Waals surface area contributed by atoms with Gasteiger partial charge in [-0.05, 0) is 66.6 Å². The summed E-state index contributed by atoms with van der Waals surface area (Å²) < 4.78 is 95.7. The van der Waals surface area contributed by atoms with E-state index in [1.807, 2.05) is 65.3 Å². The van der Waals surface area contributed by atoms with Crippen LogP contribution in [0.2, 0.25) is 0 Å². The van der Waals surface area contributed by atoms with Gasteiger partial charge in [-0.25, -0.2) is 47.2 Å². The van der Waals surface area contributed by atoms with Crippen LogP contribution in [0.3, 0.4) is 0 Å². The first-order valence-electron chi connectivity index (χ1n) is 14.9. The molecule has 5 rings (SSSR count). The van der Waals surface area contributed by atoms with Gasteiger partial charge in [0.1, 0.15) is 0 Å². The Morgan fingerprint density at radius 1 is 0.536 bits per heavy atom. The summed E-state index contributed by atoms with van der Waals surface area (Å²) in [6.07, 6.45) is 3.45. The van der Waals surface area contributed by atoms with Crippen molar-refractivity contribution in [1.82, 2.24) is 29.7 Å². The number of aromatic nitrogens is 4. The van der Waals surface area contributed by atoms with E-state index in [4.69, 9.17) is 37.3 Å². The number of aryl methyl sites for hydroxylation is 1. The van der Waals surface area contributed by atoms with Crippen LogP contribution in [0.25, 0.3) is 0 Å². The summed E-state index contributed by atoms with van der Waals surface area (Å²) >= 11 is 0. The zero-order valence-corrected chi connectivity index (χ0v) is 32.3. The fraction of sp³-hybridized carbons (Fsp3) is 0.212. The molecule has 3 N–H and O–H groups in total. The normalized spacial score (nSPS) is 10.7. The smallest absolute Gasteiger partial charge is 0.872 e. The molecule has 4 aromatic heterocycles. The summed E-state index contributed by atoms with van der Waals surface area (Å²) in [6.45, 7) is 4.21. The molecule has 0 aliphatic carbocycles. The largest absolute Gasteiger partial charge is 2.00 e. The van der Waals surface area contributed by atoms with Gasteiger partial charge in [0.2, 0.25) is 11.9 Å². The topological polar surface area (TPSA) is 327 Å². The van der Waals surface area contributed by atoms with Gasteiger partial charge >= 0.3 is 34.1 Å². The average Bonchev–Trinajstić information content (AvgIpc) is 3.03. The van der Waals surface area contributed by atoms with E-state index < -0.39 is 32.4 Å². The summed E-state index contributed by atoms with van der Waals surface area (Å²) in [4.78, 5) is 21.0. The van der Waals surface area contributed by atoms with E-state index in [9.17, 15) is 13.9 Å². The number of nitrogens with zero attached hydrogens (tertiary/aromatic N) is 6. The van der Waals surface area contributed by atoms with Gasteiger partial charge in [-0.15, -0.1) is 20.5 Å². The Morgan fingerprint density at radius 2 is 0.857 bits per heavy atom. The van der Waals surface area contributed by atoms with Crippen LogP contribution in [-0.2, 0) is 73.4 Å². The monoisotopic (exact) mass is 924 g/mol. The van der Waals surface area contributed by atoms with Gasteiger partial charge in [0.25, 0.3) is 0 Å². The molecule has 4 heterocycles. The molecule has 312 valence electrons. The molecule has 0 bridgehead atoms. The molecule has 17 nitrogen and oxygen atoms in total. The second-order valence-corrected chi connectivity index (χ2v) is 12.5. The van der Waals surface area contributed by atoms with Crippen molar-refractivity contribution in [3.63, 3.8) is 0 Å². The van der Waals surface area contributed by atoms with E-state index in [1.54, 1.807) is 36.7 Å². The SMILES string of the molecule is Cc1cc(CN(Cc2ccccn2)Cc2cccc(F)n2)c([O-])c(CN(Cc2ccccn2)Cc2cccc(F)n2)c1.O.[Cu+2].[Cu+2].[O-][Cl+3]([O-])([O-])[O-].[O-][Cl+3]([O-])([O-])[O-].[OH-]. The first kappa shape index (κ1) is 54.7. The average molecular weight is 927 g/mol. The summed E-state index contributed by atoms with van der Waals surface area (Å²) in [5.74, 6) is -1.17. The molecule has 0 saturated carbocycles. The number of benzene rings is 1. The summed E-state index contributed by atoms with van der Waals surface area (Å²) in [6, 6.07) is 24.6. The molecule has 1 aromatic carbocycles. The third-order valence-electron chi connectivity index (χ3n) is 6.72. The molecule has 0 aliphatic rings. The second kappa shape index (κ2) is 26.5. The van der Waals surface area contributed by atoms with E-state index in [0.717, 1.165) is 17.0 Å². The van der Waals surface area contributed by atoms with E-state index in [-0.39, 0.29) is 50.8 Å². The van der Waals surface area contributed by atoms with E-state index in [1.165, 1.54) is 12.1 Å². The standard InChI is InChI=1S/C33H32F2N6O.2ClHO4.2Cu.2H2O/c1-24-16-25(18-40(20-27-8-2-4-14-36-27)22-29-10-6-12-31(34)38-29)33(42)26(17-24)19-41(21-28-9-3-5-15-37-28)23-30-11-7-13-32(35)39-30;2*2-1(3,4)5;;;;/h2-17,42H,18-23H2,1H3;2*(H,2,3,4,5);;;2*1H2/q;;;2*+2;;/p-4. The van der Waals surface area contributed by atoms with Crippen molar-refractivity contribution in [2.75, 3.05) is 0 Å². The van der Waals surface area contributed by atoms with Crippen LogP contribution in [0.4, 0.5) is 8.78 Å². The molecule has 2 radical (unpaired) electrons. The van der Waals surface area contributed by atoms with Crippen molar-refractivity contribution >= 4 is 0 Å². The van der Waals surface area contributed by atoms with E-state index in [2.05, 4.69) is 19.9 Å². The minimum Gasteiger partial charge on any atom is -0.872 e. The van der Waals surface area contributed by atoms with Crippen LogP contribution in [0.1, 0.15) is 39.5 Å². The maximum absolute atomic E-state index is 13.9. The fourth-order valence-electron chi connectivity index (χ4n) is 4.96. The first-order chi connectivity index (χ1) is 24.4. The quantitative estimate of drug-likeness (QED) is 0.0834. The van der Waals surface area contributed by atoms with Crippen LogP contribution in [0, 0.1) is 39.3 Å². The molecular weight excluding hydrogens is 892 g/mol. The van der Waals surface area contributed by atoms with Crippen LogP contribution >= 0.6 is 0 Å². The van der Waals surface area contributed by atoms with Gasteiger partial charge in [-0.1, -0.05) is 47.7 Å². The van der Waals surface area contributed by atoms with Crippen molar-refractivity contribution in [1.29, 1.82) is 0 Å². The van der Waals surface area contributed by atoms with Crippen molar-refractivity contribution in [3.05, 3.63) is 149 Å². The molecule has 0 aliphatic heterocycles. The molecule has 56 heavy (non-hydrogen) atoms. The number of pyridine rings is 4. The van der Waals surface area contributed by atoms with Crippen molar-refractivity contribution in [2.45, 2.75) is 46.2 Å². The van der Waals surface area contributed by atoms with Gasteiger partial charge in [-0.2, -0.15) is 8.78 Å². The molecule has 0 atom stereocenters. The van der Waals surface area contributed by atoms with Gasteiger partial charge in [0.15, 0.2) is 0 Å². The minimum absolute atomic E-state index is 0. The Kier molecular flexibility index (Phi) is 25.9. The van der Waals surface area contributed by atoms with Gasteiger partial charge in [-0.3, -0.25) is 19.8 Å². The van der Waals surface area contributed by atoms with Crippen LogP contribution in [-0.4, -0.2) is 40.7 Å². The number of halogens is 4. The van der Waals surface area contributed by atoms with E-state index in [0.29, 0.717) is 61.8 Å². The third-order valence-corrected chi connectivity index (χ3v) is 6.72. The molecule has 0 saturated heterocycles. The van der Waals surface area contributed by atoms with Crippen molar-refractivity contribution in [2.24, 2.45) is 0 Å². The maximum Gasteiger partial charge on any atom is 2.00 e. The predicted octanol–water partition coefficient (Wildman–Crippen LogP) is -5.19.